The number of nitrogens with zero attached hydrogens (tertiary/aromatic N) is 1. The van der Waals surface area contributed by atoms with E-state index in [2.05, 4.69) is 13.0 Å². The van der Waals surface area contributed by atoms with Crippen molar-refractivity contribution in [2.75, 3.05) is 13.1 Å². The molecule has 19 heavy (non-hydrogen) atoms. The fraction of sp³-hybridized carbons (Fsp3) is 0.688. The van der Waals surface area contributed by atoms with Crippen LogP contribution in [0.5, 0.6) is 0 Å². The maximum absolute atomic E-state index is 12.1. The lowest BCUT2D eigenvalue weighted by molar-refractivity contribution is -0.132. The molecule has 3 rings (SSSR count). The molecule has 3 nitrogen and oxygen atoms in total. The number of likely N-dealkylation sites (tertiary alicyclic amines) is 1. The molecule has 1 amide bonds. The molecule has 1 saturated heterocycles. The summed E-state index contributed by atoms with van der Waals surface area (Å²) in [6.45, 7) is 4.15. The predicted octanol–water partition coefficient (Wildman–Crippen LogP) is 3.35. The van der Waals surface area contributed by atoms with E-state index >= 15 is 0 Å². The minimum atomic E-state index is 0.289. The van der Waals surface area contributed by atoms with Gasteiger partial charge in [-0.15, -0.1) is 0 Å². The first-order valence-electron chi connectivity index (χ1n) is 7.60. The highest BCUT2D eigenvalue weighted by Gasteiger charge is 2.36. The average Bonchev–Trinajstić information content (AvgIpc) is 3.00. The second-order valence-electron chi connectivity index (χ2n) is 6.07. The van der Waals surface area contributed by atoms with E-state index < -0.39 is 0 Å². The van der Waals surface area contributed by atoms with Crippen molar-refractivity contribution >= 4 is 5.91 Å². The van der Waals surface area contributed by atoms with Gasteiger partial charge in [-0.25, -0.2) is 0 Å². The van der Waals surface area contributed by atoms with Gasteiger partial charge in [-0.05, 0) is 43.7 Å². The molecule has 0 N–H and O–H groups in total. The van der Waals surface area contributed by atoms with Crippen LogP contribution in [0.15, 0.2) is 16.5 Å². The number of carbonyl (C=O) groups is 1. The Balaban J connectivity index is 1.48. The van der Waals surface area contributed by atoms with Crippen LogP contribution >= 0.6 is 0 Å². The number of piperidine rings is 1. The van der Waals surface area contributed by atoms with E-state index in [0.29, 0.717) is 12.3 Å². The van der Waals surface area contributed by atoms with Crippen LogP contribution in [0, 0.1) is 5.92 Å². The fourth-order valence-corrected chi connectivity index (χ4v) is 2.98. The molecule has 3 heteroatoms. The summed E-state index contributed by atoms with van der Waals surface area (Å²) in [7, 11) is 0. The van der Waals surface area contributed by atoms with Gasteiger partial charge in [0.1, 0.15) is 11.5 Å². The molecule has 1 aromatic heterocycles. The lowest BCUT2D eigenvalue weighted by Gasteiger charge is -2.26. The summed E-state index contributed by atoms with van der Waals surface area (Å²) in [6, 6.07) is 4.14. The van der Waals surface area contributed by atoms with Gasteiger partial charge in [0, 0.05) is 31.8 Å². The third kappa shape index (κ3) is 3.02. The van der Waals surface area contributed by atoms with E-state index in [1.807, 2.05) is 11.0 Å². The molecule has 2 atom stereocenters. The van der Waals surface area contributed by atoms with Crippen molar-refractivity contribution in [1.82, 2.24) is 4.90 Å². The summed E-state index contributed by atoms with van der Waals surface area (Å²) < 4.78 is 5.84. The van der Waals surface area contributed by atoms with Crippen LogP contribution in [-0.4, -0.2) is 23.9 Å². The van der Waals surface area contributed by atoms with Crippen molar-refractivity contribution in [3.05, 3.63) is 23.7 Å². The van der Waals surface area contributed by atoms with Gasteiger partial charge in [-0.1, -0.05) is 6.92 Å². The molecule has 1 aliphatic heterocycles. The maximum Gasteiger partial charge on any atom is 0.223 e. The molecule has 104 valence electrons. The Bertz CT molecular complexity index is 445. The first-order valence-corrected chi connectivity index (χ1v) is 7.60. The van der Waals surface area contributed by atoms with Gasteiger partial charge in [0.05, 0.1) is 0 Å². The number of hydrogen-bond acceptors (Lipinski definition) is 2. The smallest absolute Gasteiger partial charge is 0.223 e. The molecule has 0 bridgehead atoms. The zero-order valence-corrected chi connectivity index (χ0v) is 11.7. The van der Waals surface area contributed by atoms with Crippen LogP contribution in [0.1, 0.15) is 56.5 Å². The van der Waals surface area contributed by atoms with Crippen molar-refractivity contribution in [1.29, 1.82) is 0 Å². The quantitative estimate of drug-likeness (QED) is 0.832. The minimum absolute atomic E-state index is 0.289. The number of rotatable bonds is 4. The van der Waals surface area contributed by atoms with Crippen LogP contribution in [0.4, 0.5) is 0 Å². The van der Waals surface area contributed by atoms with E-state index in [0.717, 1.165) is 49.8 Å². The van der Waals surface area contributed by atoms with E-state index in [9.17, 15) is 4.79 Å². The third-order valence-electron chi connectivity index (χ3n) is 4.45. The predicted molar refractivity (Wildman–Crippen MR) is 74.0 cm³/mol. The SMILES string of the molecule is C[C@@H]1C[C@H]1c1ccc(CCC(=O)N2CCCCC2)o1. The Kier molecular flexibility index (Phi) is 3.63. The highest BCUT2D eigenvalue weighted by molar-refractivity contribution is 5.76. The standard InChI is InChI=1S/C16H23NO2/c1-12-11-14(12)15-7-5-13(19-15)6-8-16(18)17-9-3-2-4-10-17/h5,7,12,14H,2-4,6,8-11H2,1H3/t12-,14-/m1/s1. The molecule has 2 fully saturated rings. The minimum Gasteiger partial charge on any atom is -0.466 e. The molecule has 0 unspecified atom stereocenters. The van der Waals surface area contributed by atoms with Crippen molar-refractivity contribution in [2.24, 2.45) is 5.92 Å². The number of hydrogen-bond donors (Lipinski definition) is 0. The van der Waals surface area contributed by atoms with Crippen molar-refractivity contribution in [3.8, 4) is 0 Å². The summed E-state index contributed by atoms with van der Waals surface area (Å²) in [5, 5.41) is 0. The molecule has 1 aromatic rings. The Hall–Kier alpha value is -1.25. The lowest BCUT2D eigenvalue weighted by Crippen LogP contribution is -2.35. The maximum atomic E-state index is 12.1. The molecular formula is C16H23NO2. The van der Waals surface area contributed by atoms with Gasteiger partial charge >= 0.3 is 0 Å². The summed E-state index contributed by atoms with van der Waals surface area (Å²) >= 11 is 0. The Morgan fingerprint density at radius 3 is 2.74 bits per heavy atom. The van der Waals surface area contributed by atoms with Crippen molar-refractivity contribution in [2.45, 2.75) is 51.4 Å². The summed E-state index contributed by atoms with van der Waals surface area (Å²) in [5.74, 6) is 3.78. The first-order chi connectivity index (χ1) is 9.24. The molecule has 1 saturated carbocycles. The number of furan rings is 1. The fourth-order valence-electron chi connectivity index (χ4n) is 2.98. The molecule has 0 aromatic carbocycles. The number of aryl methyl sites for hydroxylation is 1. The second-order valence-corrected chi connectivity index (χ2v) is 6.07. The molecule has 2 aliphatic rings. The molecule has 2 heterocycles. The Morgan fingerprint density at radius 1 is 1.32 bits per heavy atom. The summed E-state index contributed by atoms with van der Waals surface area (Å²) in [4.78, 5) is 14.1. The monoisotopic (exact) mass is 261 g/mol. The van der Waals surface area contributed by atoms with Crippen LogP contribution in [0.2, 0.25) is 0 Å². The Morgan fingerprint density at radius 2 is 2.05 bits per heavy atom. The van der Waals surface area contributed by atoms with E-state index in [-0.39, 0.29) is 5.91 Å². The molecular weight excluding hydrogens is 238 g/mol. The van der Waals surface area contributed by atoms with E-state index in [1.165, 1.54) is 12.8 Å². The molecule has 1 aliphatic carbocycles. The molecule has 0 radical (unpaired) electrons. The van der Waals surface area contributed by atoms with Gasteiger partial charge in [0.15, 0.2) is 0 Å². The van der Waals surface area contributed by atoms with Gasteiger partial charge in [-0.2, -0.15) is 0 Å². The van der Waals surface area contributed by atoms with E-state index in [1.54, 1.807) is 0 Å². The van der Waals surface area contributed by atoms with Gasteiger partial charge in [-0.3, -0.25) is 4.79 Å². The van der Waals surface area contributed by atoms with E-state index in [4.69, 9.17) is 4.42 Å². The highest BCUT2D eigenvalue weighted by Crippen LogP contribution is 2.47. The zero-order valence-electron chi connectivity index (χ0n) is 11.7. The van der Waals surface area contributed by atoms with Crippen LogP contribution in [-0.2, 0) is 11.2 Å². The third-order valence-corrected chi connectivity index (χ3v) is 4.45. The summed E-state index contributed by atoms with van der Waals surface area (Å²) in [6.07, 6.45) is 6.18. The first kappa shape index (κ1) is 12.8. The van der Waals surface area contributed by atoms with Crippen LogP contribution in [0.25, 0.3) is 0 Å². The molecule has 0 spiro atoms. The normalized spacial score (nSPS) is 26.5. The van der Waals surface area contributed by atoms with Crippen LogP contribution < -0.4 is 0 Å². The van der Waals surface area contributed by atoms with Gasteiger partial charge in [0.2, 0.25) is 5.91 Å². The topological polar surface area (TPSA) is 33.5 Å². The highest BCUT2D eigenvalue weighted by atomic mass is 16.3. The van der Waals surface area contributed by atoms with Crippen molar-refractivity contribution in [3.63, 3.8) is 0 Å². The van der Waals surface area contributed by atoms with Gasteiger partial charge in [0.25, 0.3) is 0 Å². The average molecular weight is 261 g/mol. The Labute approximate surface area is 115 Å². The number of carbonyl (C=O) groups excluding carboxylic acids is 1. The van der Waals surface area contributed by atoms with Gasteiger partial charge < -0.3 is 9.32 Å². The van der Waals surface area contributed by atoms with Crippen molar-refractivity contribution < 1.29 is 9.21 Å². The largest absolute Gasteiger partial charge is 0.466 e. The number of amides is 1. The lowest BCUT2D eigenvalue weighted by atomic mass is 10.1. The zero-order chi connectivity index (χ0) is 13.2. The van der Waals surface area contributed by atoms with Crippen LogP contribution in [0.3, 0.4) is 0 Å². The second kappa shape index (κ2) is 5.40. The summed E-state index contributed by atoms with van der Waals surface area (Å²) in [5.41, 5.74) is 0.